The number of rotatable bonds is 4. The van der Waals surface area contributed by atoms with Crippen LogP contribution in [0.4, 0.5) is 0 Å². The molecule has 1 rings (SSSR count). The van der Waals surface area contributed by atoms with Gasteiger partial charge in [0.25, 0.3) is 0 Å². The number of ether oxygens (including phenoxy) is 2. The highest BCUT2D eigenvalue weighted by Gasteiger charge is 2.48. The zero-order valence-electron chi connectivity index (χ0n) is 9.84. The molecule has 0 aliphatic carbocycles. The average molecular weight is 266 g/mol. The second kappa shape index (κ2) is 6.41. The van der Waals surface area contributed by atoms with Crippen LogP contribution in [0.25, 0.3) is 0 Å². The lowest BCUT2D eigenvalue weighted by Crippen LogP contribution is -2.62. The van der Waals surface area contributed by atoms with E-state index in [2.05, 4.69) is 4.74 Å². The van der Waals surface area contributed by atoms with Crippen molar-refractivity contribution in [3.63, 3.8) is 0 Å². The third-order valence-electron chi connectivity index (χ3n) is 2.77. The monoisotopic (exact) mass is 266 g/mol. The zero-order chi connectivity index (χ0) is 13.9. The Morgan fingerprint density at radius 3 is 2.39 bits per heavy atom. The van der Waals surface area contributed by atoms with Gasteiger partial charge in [0.1, 0.15) is 30.5 Å². The molecule has 8 nitrogen and oxygen atoms in total. The third kappa shape index (κ3) is 2.97. The van der Waals surface area contributed by atoms with E-state index in [-0.39, 0.29) is 6.61 Å². The normalized spacial score (nSPS) is 38.2. The minimum atomic E-state index is -1.81. The van der Waals surface area contributed by atoms with Gasteiger partial charge in [-0.2, -0.15) is 0 Å². The molecule has 6 atom stereocenters. The van der Waals surface area contributed by atoms with Crippen molar-refractivity contribution in [2.24, 2.45) is 0 Å². The molecule has 0 aromatic heterocycles. The van der Waals surface area contributed by atoms with Crippen LogP contribution in [0.5, 0.6) is 0 Å². The molecule has 8 heteroatoms. The van der Waals surface area contributed by atoms with Crippen LogP contribution in [-0.2, 0) is 14.3 Å². The van der Waals surface area contributed by atoms with Gasteiger partial charge in [0.05, 0.1) is 13.2 Å². The number of aliphatic hydroxyl groups excluding tert-OH is 5. The predicted molar refractivity (Wildman–Crippen MR) is 56.4 cm³/mol. The van der Waals surface area contributed by atoms with Gasteiger partial charge in [-0.1, -0.05) is 0 Å². The average Bonchev–Trinajstić information content (AvgIpc) is 2.36. The lowest BCUT2D eigenvalue weighted by Gasteiger charge is -2.41. The van der Waals surface area contributed by atoms with Crippen molar-refractivity contribution >= 4 is 5.97 Å². The third-order valence-corrected chi connectivity index (χ3v) is 2.77. The first kappa shape index (κ1) is 15.3. The molecule has 0 radical (unpaired) electrons. The number of carbonyl (C=O) groups excluding carboxylic acids is 1. The second-order valence-corrected chi connectivity index (χ2v) is 3.99. The van der Waals surface area contributed by atoms with E-state index in [9.17, 15) is 25.2 Å². The molecule has 1 aliphatic heterocycles. The first-order valence-electron chi connectivity index (χ1n) is 5.59. The van der Waals surface area contributed by atoms with Crippen molar-refractivity contribution in [1.82, 2.24) is 0 Å². The van der Waals surface area contributed by atoms with E-state index in [1.807, 2.05) is 0 Å². The minimum Gasteiger partial charge on any atom is -0.464 e. The predicted octanol–water partition coefficient (Wildman–Crippen LogP) is -3.25. The van der Waals surface area contributed by atoms with Gasteiger partial charge in [0.15, 0.2) is 6.10 Å². The maximum atomic E-state index is 11.3. The Labute approximate surface area is 103 Å². The summed E-state index contributed by atoms with van der Waals surface area (Å²) in [5.74, 6) is -1.01. The van der Waals surface area contributed by atoms with Crippen LogP contribution in [0.1, 0.15) is 6.92 Å². The molecule has 2 unspecified atom stereocenters. The summed E-state index contributed by atoms with van der Waals surface area (Å²) in [6.07, 6.45) is -9.28. The molecule has 5 N–H and O–H groups in total. The van der Waals surface area contributed by atoms with Crippen molar-refractivity contribution in [2.75, 3.05) is 13.2 Å². The van der Waals surface area contributed by atoms with Crippen molar-refractivity contribution < 1.29 is 39.8 Å². The Bertz CT molecular complexity index is 281. The summed E-state index contributed by atoms with van der Waals surface area (Å²) < 4.78 is 9.55. The molecule has 1 heterocycles. The molecule has 1 saturated heterocycles. The summed E-state index contributed by atoms with van der Waals surface area (Å²) in [5, 5.41) is 47.2. The van der Waals surface area contributed by atoms with E-state index in [1.54, 1.807) is 0 Å². The molecular weight excluding hydrogens is 248 g/mol. The van der Waals surface area contributed by atoms with Crippen molar-refractivity contribution in [3.8, 4) is 0 Å². The number of hydrogen-bond acceptors (Lipinski definition) is 8. The van der Waals surface area contributed by atoms with E-state index >= 15 is 0 Å². The van der Waals surface area contributed by atoms with Crippen LogP contribution in [-0.4, -0.2) is 81.3 Å². The molecule has 0 spiro atoms. The molecule has 0 amide bonds. The fourth-order valence-corrected chi connectivity index (χ4v) is 1.75. The molecule has 106 valence electrons. The van der Waals surface area contributed by atoms with Crippen LogP contribution in [0.3, 0.4) is 0 Å². The van der Waals surface area contributed by atoms with Crippen LogP contribution in [0.15, 0.2) is 0 Å². The van der Waals surface area contributed by atoms with Crippen LogP contribution in [0.2, 0.25) is 0 Å². The lowest BCUT2D eigenvalue weighted by molar-refractivity contribution is -0.250. The molecule has 18 heavy (non-hydrogen) atoms. The molecule has 0 aromatic carbocycles. The zero-order valence-corrected chi connectivity index (χ0v) is 9.84. The number of hydrogen-bond donors (Lipinski definition) is 5. The van der Waals surface area contributed by atoms with Crippen LogP contribution >= 0.6 is 0 Å². The number of carbonyl (C=O) groups is 1. The van der Waals surface area contributed by atoms with Gasteiger partial charge in [-0.3, -0.25) is 0 Å². The first-order valence-corrected chi connectivity index (χ1v) is 5.59. The van der Waals surface area contributed by atoms with Gasteiger partial charge in [0.2, 0.25) is 0 Å². The van der Waals surface area contributed by atoms with Gasteiger partial charge in [0, 0.05) is 0 Å². The number of aliphatic hydroxyl groups is 5. The maximum absolute atomic E-state index is 11.3. The Morgan fingerprint density at radius 1 is 1.28 bits per heavy atom. The summed E-state index contributed by atoms with van der Waals surface area (Å²) >= 11 is 0. The summed E-state index contributed by atoms with van der Waals surface area (Å²) in [4.78, 5) is 11.3. The fraction of sp³-hybridized carbons (Fsp3) is 0.900. The minimum absolute atomic E-state index is 0.0350. The van der Waals surface area contributed by atoms with Crippen LogP contribution in [0, 0.1) is 0 Å². The van der Waals surface area contributed by atoms with E-state index in [4.69, 9.17) is 9.84 Å². The van der Waals surface area contributed by atoms with E-state index < -0.39 is 49.2 Å². The van der Waals surface area contributed by atoms with Gasteiger partial charge in [-0.25, -0.2) is 4.79 Å². The van der Waals surface area contributed by atoms with Gasteiger partial charge < -0.3 is 35.0 Å². The van der Waals surface area contributed by atoms with E-state index in [0.29, 0.717) is 0 Å². The van der Waals surface area contributed by atoms with E-state index in [1.165, 1.54) is 6.92 Å². The molecular formula is C10H18O8. The first-order chi connectivity index (χ1) is 8.43. The SMILES string of the molecule is CCOC(=O)C(O)C1O[C@H](CO)[C@@H](O)[C@H](O)[C@H]1O. The summed E-state index contributed by atoms with van der Waals surface area (Å²) in [6, 6.07) is 0. The Hall–Kier alpha value is -0.770. The summed E-state index contributed by atoms with van der Waals surface area (Å²) in [5.41, 5.74) is 0. The second-order valence-electron chi connectivity index (χ2n) is 3.99. The standard InChI is InChI=1S/C10H18O8/c1-2-17-10(16)8(15)9-7(14)6(13)5(12)4(3-11)18-9/h4-9,11-15H,2-3H2,1H3/t4-,5-,6+,7-,8?,9?/m1/s1. The molecule has 1 fully saturated rings. The number of esters is 1. The topological polar surface area (TPSA) is 137 Å². The Morgan fingerprint density at radius 2 is 1.89 bits per heavy atom. The summed E-state index contributed by atoms with van der Waals surface area (Å²) in [6.45, 7) is 0.947. The van der Waals surface area contributed by atoms with Crippen molar-refractivity contribution in [1.29, 1.82) is 0 Å². The molecule has 0 saturated carbocycles. The van der Waals surface area contributed by atoms with Gasteiger partial charge >= 0.3 is 5.97 Å². The molecule has 0 aromatic rings. The fourth-order valence-electron chi connectivity index (χ4n) is 1.75. The van der Waals surface area contributed by atoms with Crippen molar-refractivity contribution in [2.45, 2.75) is 43.5 Å². The summed E-state index contributed by atoms with van der Waals surface area (Å²) in [7, 11) is 0. The van der Waals surface area contributed by atoms with Crippen molar-refractivity contribution in [3.05, 3.63) is 0 Å². The molecule has 1 aliphatic rings. The lowest BCUT2D eigenvalue weighted by atomic mass is 9.92. The highest BCUT2D eigenvalue weighted by molar-refractivity contribution is 5.75. The van der Waals surface area contributed by atoms with Gasteiger partial charge in [-0.05, 0) is 6.92 Å². The largest absolute Gasteiger partial charge is 0.464 e. The highest BCUT2D eigenvalue weighted by Crippen LogP contribution is 2.23. The van der Waals surface area contributed by atoms with Crippen LogP contribution < -0.4 is 0 Å². The maximum Gasteiger partial charge on any atom is 0.337 e. The molecule has 0 bridgehead atoms. The van der Waals surface area contributed by atoms with Gasteiger partial charge in [-0.15, -0.1) is 0 Å². The van der Waals surface area contributed by atoms with E-state index in [0.717, 1.165) is 0 Å². The Kier molecular flexibility index (Phi) is 5.45. The smallest absolute Gasteiger partial charge is 0.337 e. The quantitative estimate of drug-likeness (QED) is 0.335. The highest BCUT2D eigenvalue weighted by atomic mass is 16.6. The Balaban J connectivity index is 2.77.